The zero-order valence-electron chi connectivity index (χ0n) is 29.1. The van der Waals surface area contributed by atoms with Gasteiger partial charge in [-0.25, -0.2) is 13.8 Å². The van der Waals surface area contributed by atoms with Gasteiger partial charge < -0.3 is 10.6 Å². The van der Waals surface area contributed by atoms with Gasteiger partial charge in [0, 0.05) is 41.7 Å². The van der Waals surface area contributed by atoms with Gasteiger partial charge >= 0.3 is 0 Å². The van der Waals surface area contributed by atoms with Gasteiger partial charge in [0.25, 0.3) is 0 Å². The molecule has 0 bridgehead atoms. The number of unbranched alkanes of at least 4 members (excludes halogenated alkanes) is 2. The van der Waals surface area contributed by atoms with E-state index in [2.05, 4.69) is 50.8 Å². The highest BCUT2D eigenvalue weighted by Gasteiger charge is 2.25. The van der Waals surface area contributed by atoms with E-state index in [9.17, 15) is 4.39 Å². The smallest absolute Gasteiger partial charge is 0.138 e. The first-order chi connectivity index (χ1) is 21.5. The number of aryl methyl sites for hydroxylation is 2. The molecule has 0 aliphatic carbocycles. The van der Waals surface area contributed by atoms with Crippen LogP contribution < -0.4 is 10.6 Å². The van der Waals surface area contributed by atoms with Gasteiger partial charge in [-0.1, -0.05) is 96.2 Å². The van der Waals surface area contributed by atoms with E-state index in [1.165, 1.54) is 39.2 Å². The Morgan fingerprint density at radius 2 is 1.60 bits per heavy atom. The van der Waals surface area contributed by atoms with Crippen molar-refractivity contribution in [1.29, 1.82) is 0 Å². The lowest BCUT2D eigenvalue weighted by atomic mass is 9.95. The topological polar surface area (TPSA) is 37.0 Å². The Morgan fingerprint density at radius 3 is 2.18 bits per heavy atom. The first-order valence-electron chi connectivity index (χ1n) is 16.0. The van der Waals surface area contributed by atoms with Crippen LogP contribution in [0.5, 0.6) is 0 Å². The summed E-state index contributed by atoms with van der Waals surface area (Å²) < 4.78 is 29.5. The Balaban J connectivity index is 0.00000127. The molecule has 3 aromatic rings. The summed E-state index contributed by atoms with van der Waals surface area (Å²) in [4.78, 5) is 4.69. The van der Waals surface area contributed by atoms with Gasteiger partial charge in [-0.05, 0) is 75.4 Å². The van der Waals surface area contributed by atoms with Crippen molar-refractivity contribution in [1.82, 2.24) is 10.3 Å². The van der Waals surface area contributed by atoms with Gasteiger partial charge in [0.1, 0.15) is 11.5 Å². The highest BCUT2D eigenvalue weighted by molar-refractivity contribution is 5.65. The van der Waals surface area contributed by atoms with Crippen molar-refractivity contribution in [3.05, 3.63) is 127 Å². The van der Waals surface area contributed by atoms with Gasteiger partial charge in [0.2, 0.25) is 0 Å². The van der Waals surface area contributed by atoms with Crippen LogP contribution in [0.25, 0.3) is 17.3 Å². The monoisotopic (exact) mass is 617 g/mol. The maximum Gasteiger partial charge on any atom is 0.138 e. The number of anilines is 1. The van der Waals surface area contributed by atoms with E-state index >= 15 is 4.39 Å². The third kappa shape index (κ3) is 14.6. The number of allylic oxidation sites excluding steroid dienone is 2. The first kappa shape index (κ1) is 41.0. The van der Waals surface area contributed by atoms with Crippen LogP contribution in [0, 0.1) is 12.7 Å². The molecule has 246 valence electrons. The van der Waals surface area contributed by atoms with Crippen molar-refractivity contribution in [3.8, 4) is 11.3 Å². The van der Waals surface area contributed by atoms with E-state index in [1.807, 2.05) is 70.3 Å². The summed E-state index contributed by atoms with van der Waals surface area (Å²) in [5.74, 6) is -0.567. The molecule has 0 spiro atoms. The second-order valence-electron chi connectivity index (χ2n) is 10.7. The minimum atomic E-state index is -1.77. The molecular formula is C40H57F2N3. The minimum Gasteiger partial charge on any atom is -0.392 e. The fraction of sp³-hybridized carbons (Fsp3) is 0.375. The zero-order valence-corrected chi connectivity index (χ0v) is 29.1. The largest absolute Gasteiger partial charge is 0.392 e. The Kier molecular flexibility index (Phi) is 20.5. The molecule has 2 aromatic carbocycles. The summed E-state index contributed by atoms with van der Waals surface area (Å²) in [6.07, 6.45) is 10.4. The number of benzene rings is 2. The van der Waals surface area contributed by atoms with Crippen LogP contribution in [0.1, 0.15) is 96.0 Å². The average molecular weight is 618 g/mol. The lowest BCUT2D eigenvalue weighted by Gasteiger charge is -2.17. The molecule has 3 rings (SSSR count). The predicted octanol–water partition coefficient (Wildman–Crippen LogP) is 12.1. The number of hydrogen-bond acceptors (Lipinski definition) is 3. The maximum atomic E-state index is 15.0. The molecule has 1 heterocycles. The Labute approximate surface area is 273 Å². The summed E-state index contributed by atoms with van der Waals surface area (Å²) in [5.41, 5.74) is 5.11. The second kappa shape index (κ2) is 22.5. The Bertz CT molecular complexity index is 1340. The lowest BCUT2D eigenvalue weighted by molar-refractivity contribution is 0.214. The van der Waals surface area contributed by atoms with Crippen LogP contribution >= 0.6 is 0 Å². The van der Waals surface area contributed by atoms with Crippen molar-refractivity contribution in [2.75, 3.05) is 12.4 Å². The number of pyridine rings is 1. The normalized spacial score (nSPS) is 10.4. The molecule has 0 aliphatic rings. The lowest BCUT2D eigenvalue weighted by Crippen LogP contribution is -2.12. The van der Waals surface area contributed by atoms with E-state index in [0.29, 0.717) is 17.7 Å². The van der Waals surface area contributed by atoms with Crippen LogP contribution in [-0.2, 0) is 12.1 Å². The summed E-state index contributed by atoms with van der Waals surface area (Å²) in [5, 5.41) is 6.37. The number of hydrogen-bond donors (Lipinski definition) is 2. The quantitative estimate of drug-likeness (QED) is 0.148. The number of para-hydroxylation sites is 1. The minimum absolute atomic E-state index is 0.0343. The molecule has 5 heteroatoms. The number of alkyl halides is 1. The van der Waals surface area contributed by atoms with E-state index in [0.717, 1.165) is 46.7 Å². The van der Waals surface area contributed by atoms with Crippen molar-refractivity contribution < 1.29 is 8.78 Å². The molecule has 0 atom stereocenters. The van der Waals surface area contributed by atoms with Crippen LogP contribution in [0.4, 0.5) is 14.5 Å². The van der Waals surface area contributed by atoms with Gasteiger partial charge in [0.15, 0.2) is 0 Å². The third-order valence-corrected chi connectivity index (χ3v) is 6.84. The molecule has 0 saturated carbocycles. The molecular weight excluding hydrogens is 560 g/mol. The molecule has 0 aliphatic heterocycles. The zero-order chi connectivity index (χ0) is 34.4. The highest BCUT2D eigenvalue weighted by atomic mass is 19.1. The Hall–Kier alpha value is -3.99. The molecule has 0 unspecified atom stereocenters. The standard InChI is InChI=1S/C28H30F2N2.C8H17N.C2H6.C2H4/c1-6-21-17-18-26(22-13-10-14-23(27(22)29)28(4,5)30)32-25(21)16-9-12-20(3)31-24-15-8-7-11-19(24)2;1-4-5-6-7-8(2)9-3;2*1-2/h7-11,13-18,31H,3,6,12H2,1-2,4-5H3;9H,2,4-7H2,1,3H3;1-2H3;1-2H2/b16-9-;;;. The fourth-order valence-electron chi connectivity index (χ4n) is 4.27. The molecule has 45 heavy (non-hydrogen) atoms. The molecule has 0 saturated heterocycles. The number of halogens is 2. The van der Waals surface area contributed by atoms with Gasteiger partial charge in [-0.2, -0.15) is 0 Å². The third-order valence-electron chi connectivity index (χ3n) is 6.84. The summed E-state index contributed by atoms with van der Waals surface area (Å²) in [6.45, 7) is 27.0. The van der Waals surface area contributed by atoms with Gasteiger partial charge in [-0.3, -0.25) is 0 Å². The number of aromatic nitrogens is 1. The summed E-state index contributed by atoms with van der Waals surface area (Å²) in [7, 11) is 1.92. The van der Waals surface area contributed by atoms with E-state index in [-0.39, 0.29) is 5.56 Å². The van der Waals surface area contributed by atoms with Crippen LogP contribution in [0.3, 0.4) is 0 Å². The average Bonchev–Trinajstić information content (AvgIpc) is 3.04. The van der Waals surface area contributed by atoms with E-state index < -0.39 is 11.5 Å². The van der Waals surface area contributed by atoms with Crippen molar-refractivity contribution >= 4 is 11.8 Å². The van der Waals surface area contributed by atoms with Crippen molar-refractivity contribution in [3.63, 3.8) is 0 Å². The van der Waals surface area contributed by atoms with Crippen LogP contribution in [-0.4, -0.2) is 12.0 Å². The predicted molar refractivity (Wildman–Crippen MR) is 196 cm³/mol. The van der Waals surface area contributed by atoms with Gasteiger partial charge in [-0.15, -0.1) is 13.2 Å². The van der Waals surface area contributed by atoms with Crippen LogP contribution in [0.2, 0.25) is 0 Å². The first-order valence-corrected chi connectivity index (χ1v) is 16.0. The molecule has 1 aromatic heterocycles. The van der Waals surface area contributed by atoms with Crippen molar-refractivity contribution in [2.45, 2.75) is 92.7 Å². The number of nitrogens with zero attached hydrogens (tertiary/aromatic N) is 1. The maximum absolute atomic E-state index is 15.0. The molecule has 0 radical (unpaired) electrons. The fourth-order valence-corrected chi connectivity index (χ4v) is 4.27. The summed E-state index contributed by atoms with van der Waals surface area (Å²) >= 11 is 0. The number of rotatable bonds is 13. The van der Waals surface area contributed by atoms with E-state index in [1.54, 1.807) is 18.2 Å². The molecule has 3 nitrogen and oxygen atoms in total. The molecule has 0 fully saturated rings. The molecule has 2 N–H and O–H groups in total. The van der Waals surface area contributed by atoms with E-state index in [4.69, 9.17) is 4.98 Å². The SMILES string of the molecule is C=C.C=C(C/C=C\c1nc(-c2cccc(C(C)(C)F)c2F)ccc1CC)Nc1ccccc1C.C=C(CCCCC)NC.CC. The number of nitrogens with one attached hydrogen (secondary N) is 2. The Morgan fingerprint density at radius 1 is 0.933 bits per heavy atom. The van der Waals surface area contributed by atoms with Crippen molar-refractivity contribution in [2.24, 2.45) is 0 Å². The van der Waals surface area contributed by atoms with Gasteiger partial charge in [0.05, 0.1) is 11.4 Å². The highest BCUT2D eigenvalue weighted by Crippen LogP contribution is 2.32. The molecule has 0 amide bonds. The summed E-state index contributed by atoms with van der Waals surface area (Å²) in [6, 6.07) is 16.6. The second-order valence-corrected chi connectivity index (χ2v) is 10.7. The van der Waals surface area contributed by atoms with Crippen LogP contribution in [0.15, 0.2) is 98.4 Å².